The van der Waals surface area contributed by atoms with Crippen molar-refractivity contribution >= 4 is 17.8 Å². The van der Waals surface area contributed by atoms with E-state index in [1.807, 2.05) is 13.0 Å². The molecule has 0 saturated heterocycles. The Balaban J connectivity index is 1.83. The number of nitro groups is 1. The van der Waals surface area contributed by atoms with Crippen LogP contribution in [-0.4, -0.2) is 30.3 Å². The zero-order valence-corrected chi connectivity index (χ0v) is 13.5. The summed E-state index contributed by atoms with van der Waals surface area (Å²) in [5.74, 6) is 0.593. The van der Waals surface area contributed by atoms with Crippen molar-refractivity contribution in [1.82, 2.24) is 5.43 Å². The predicted octanol–water partition coefficient (Wildman–Crippen LogP) is 2.52. The number of carbonyl (C=O) groups excluding carboxylic acids is 1. The molecular formula is C17H17N3O5. The molecule has 0 aliphatic heterocycles. The van der Waals surface area contributed by atoms with E-state index < -0.39 is 10.8 Å². The molecule has 8 nitrogen and oxygen atoms in total. The van der Waals surface area contributed by atoms with Crippen molar-refractivity contribution in [2.24, 2.45) is 5.10 Å². The third kappa shape index (κ3) is 5.61. The van der Waals surface area contributed by atoms with Gasteiger partial charge in [-0.3, -0.25) is 14.9 Å². The third-order valence-electron chi connectivity index (χ3n) is 3.01. The first-order valence-electron chi connectivity index (χ1n) is 7.51. The third-order valence-corrected chi connectivity index (χ3v) is 3.01. The van der Waals surface area contributed by atoms with Crippen LogP contribution in [0, 0.1) is 10.1 Å². The number of ether oxygens (including phenoxy) is 2. The maximum atomic E-state index is 11.7. The van der Waals surface area contributed by atoms with Crippen LogP contribution in [0.3, 0.4) is 0 Å². The summed E-state index contributed by atoms with van der Waals surface area (Å²) in [5, 5.41) is 14.3. The molecule has 0 radical (unpaired) electrons. The van der Waals surface area contributed by atoms with Crippen molar-refractivity contribution < 1.29 is 19.2 Å². The fraction of sp³-hybridized carbons (Fsp3) is 0.176. The number of nitrogens with one attached hydrogen (secondary N) is 1. The van der Waals surface area contributed by atoms with Gasteiger partial charge in [0, 0.05) is 12.1 Å². The molecule has 0 bridgehead atoms. The van der Waals surface area contributed by atoms with Crippen molar-refractivity contribution in [2.45, 2.75) is 6.92 Å². The highest BCUT2D eigenvalue weighted by molar-refractivity contribution is 5.83. The van der Waals surface area contributed by atoms with E-state index in [1.54, 1.807) is 18.2 Å². The normalized spacial score (nSPS) is 10.4. The summed E-state index contributed by atoms with van der Waals surface area (Å²) in [4.78, 5) is 21.8. The van der Waals surface area contributed by atoms with E-state index in [2.05, 4.69) is 10.5 Å². The summed E-state index contributed by atoms with van der Waals surface area (Å²) in [7, 11) is 0. The molecule has 8 heteroatoms. The van der Waals surface area contributed by atoms with Gasteiger partial charge in [-0.25, -0.2) is 5.43 Å². The number of nitrogens with zero attached hydrogens (tertiary/aromatic N) is 2. The van der Waals surface area contributed by atoms with Gasteiger partial charge in [0.1, 0.15) is 0 Å². The first-order valence-corrected chi connectivity index (χ1v) is 7.51. The summed E-state index contributed by atoms with van der Waals surface area (Å²) in [5.41, 5.74) is 2.93. The second-order valence-corrected chi connectivity index (χ2v) is 4.81. The summed E-state index contributed by atoms with van der Waals surface area (Å²) in [6.07, 6.45) is 1.38. The van der Waals surface area contributed by atoms with E-state index >= 15 is 0 Å². The predicted molar refractivity (Wildman–Crippen MR) is 91.9 cm³/mol. The lowest BCUT2D eigenvalue weighted by molar-refractivity contribution is -0.384. The molecule has 25 heavy (non-hydrogen) atoms. The lowest BCUT2D eigenvalue weighted by Gasteiger charge is -2.10. The maximum Gasteiger partial charge on any atom is 0.277 e. The molecule has 1 N–H and O–H groups in total. The lowest BCUT2D eigenvalue weighted by Crippen LogP contribution is -2.24. The Labute approximate surface area is 144 Å². The number of non-ortho nitro benzene ring substituents is 1. The van der Waals surface area contributed by atoms with Crippen LogP contribution in [0.15, 0.2) is 53.6 Å². The van der Waals surface area contributed by atoms with E-state index in [0.717, 1.165) is 0 Å². The fourth-order valence-electron chi connectivity index (χ4n) is 1.88. The van der Waals surface area contributed by atoms with Gasteiger partial charge in [0.15, 0.2) is 18.1 Å². The highest BCUT2D eigenvalue weighted by atomic mass is 16.6. The SMILES string of the molecule is CCOc1ccccc1OCC(=O)NN=Cc1ccc([N+](=O)[O-])cc1. The van der Waals surface area contributed by atoms with Gasteiger partial charge in [-0.05, 0) is 36.8 Å². The lowest BCUT2D eigenvalue weighted by atomic mass is 10.2. The first-order chi connectivity index (χ1) is 12.1. The Morgan fingerprint density at radius 2 is 1.80 bits per heavy atom. The number of nitro benzene ring substituents is 1. The molecular weight excluding hydrogens is 326 g/mol. The Kier molecular flexibility index (Phi) is 6.47. The maximum absolute atomic E-state index is 11.7. The average Bonchev–Trinajstić information content (AvgIpc) is 2.62. The minimum Gasteiger partial charge on any atom is -0.490 e. The highest BCUT2D eigenvalue weighted by Crippen LogP contribution is 2.26. The molecule has 2 aromatic carbocycles. The number of amides is 1. The van der Waals surface area contributed by atoms with Crippen LogP contribution in [0.5, 0.6) is 11.5 Å². The molecule has 0 aromatic heterocycles. The van der Waals surface area contributed by atoms with E-state index in [9.17, 15) is 14.9 Å². The molecule has 130 valence electrons. The molecule has 2 rings (SSSR count). The fourth-order valence-corrected chi connectivity index (χ4v) is 1.88. The van der Waals surface area contributed by atoms with Crippen molar-refractivity contribution in [3.8, 4) is 11.5 Å². The molecule has 0 heterocycles. The Bertz CT molecular complexity index is 759. The number of hydrazone groups is 1. The van der Waals surface area contributed by atoms with Crippen molar-refractivity contribution in [3.05, 3.63) is 64.2 Å². The summed E-state index contributed by atoms with van der Waals surface area (Å²) in [6.45, 7) is 2.13. The van der Waals surface area contributed by atoms with Crippen molar-refractivity contribution in [1.29, 1.82) is 0 Å². The van der Waals surface area contributed by atoms with Crippen molar-refractivity contribution in [2.75, 3.05) is 13.2 Å². The van der Waals surface area contributed by atoms with Gasteiger partial charge in [-0.2, -0.15) is 5.10 Å². The van der Waals surface area contributed by atoms with Crippen molar-refractivity contribution in [3.63, 3.8) is 0 Å². The van der Waals surface area contributed by atoms with Crippen LogP contribution >= 0.6 is 0 Å². The summed E-state index contributed by atoms with van der Waals surface area (Å²) < 4.78 is 10.8. The molecule has 0 fully saturated rings. The standard InChI is InChI=1S/C17H17N3O5/c1-2-24-15-5-3-4-6-16(15)25-12-17(21)19-18-11-13-7-9-14(10-8-13)20(22)23/h3-11H,2,12H2,1H3,(H,19,21). The van der Waals surface area contributed by atoms with Gasteiger partial charge in [-0.1, -0.05) is 12.1 Å². The Hall–Kier alpha value is -3.42. The van der Waals surface area contributed by atoms with Gasteiger partial charge < -0.3 is 9.47 Å². The monoisotopic (exact) mass is 343 g/mol. The van der Waals surface area contributed by atoms with E-state index in [0.29, 0.717) is 23.7 Å². The van der Waals surface area contributed by atoms with E-state index in [4.69, 9.17) is 9.47 Å². The van der Waals surface area contributed by atoms with Crippen LogP contribution in [-0.2, 0) is 4.79 Å². The smallest absolute Gasteiger partial charge is 0.277 e. The minimum absolute atomic E-state index is 0.0115. The van der Waals surface area contributed by atoms with Crippen LogP contribution in [0.2, 0.25) is 0 Å². The van der Waals surface area contributed by atoms with Crippen LogP contribution < -0.4 is 14.9 Å². The number of benzene rings is 2. The van der Waals surface area contributed by atoms with Crippen LogP contribution in [0.4, 0.5) is 5.69 Å². The molecule has 2 aromatic rings. The quantitative estimate of drug-likeness (QED) is 0.451. The molecule has 0 spiro atoms. The Morgan fingerprint density at radius 1 is 1.16 bits per heavy atom. The number of para-hydroxylation sites is 2. The van der Waals surface area contributed by atoms with Gasteiger partial charge in [0.05, 0.1) is 17.7 Å². The van der Waals surface area contributed by atoms with Gasteiger partial charge >= 0.3 is 0 Å². The van der Waals surface area contributed by atoms with E-state index in [1.165, 1.54) is 30.5 Å². The highest BCUT2D eigenvalue weighted by Gasteiger charge is 2.07. The number of carbonyl (C=O) groups is 1. The number of hydrogen-bond donors (Lipinski definition) is 1. The summed E-state index contributed by atoms with van der Waals surface area (Å²) >= 11 is 0. The number of rotatable bonds is 8. The van der Waals surface area contributed by atoms with E-state index in [-0.39, 0.29) is 12.3 Å². The largest absolute Gasteiger partial charge is 0.490 e. The Morgan fingerprint density at radius 3 is 2.40 bits per heavy atom. The second-order valence-electron chi connectivity index (χ2n) is 4.81. The molecule has 1 amide bonds. The first kappa shape index (κ1) is 17.9. The van der Waals surface area contributed by atoms with Crippen LogP contribution in [0.25, 0.3) is 0 Å². The second kappa shape index (κ2) is 9.02. The zero-order valence-electron chi connectivity index (χ0n) is 13.5. The van der Waals surface area contributed by atoms with Gasteiger partial charge in [0.2, 0.25) is 0 Å². The van der Waals surface area contributed by atoms with Gasteiger partial charge in [-0.15, -0.1) is 0 Å². The minimum atomic E-state index is -0.486. The molecule has 0 saturated carbocycles. The molecule has 0 aliphatic carbocycles. The van der Waals surface area contributed by atoms with Crippen LogP contribution in [0.1, 0.15) is 12.5 Å². The van der Waals surface area contributed by atoms with Gasteiger partial charge in [0.25, 0.3) is 11.6 Å². The topological polar surface area (TPSA) is 103 Å². The average molecular weight is 343 g/mol. The summed E-state index contributed by atoms with van der Waals surface area (Å²) in [6, 6.07) is 12.8. The number of hydrogen-bond acceptors (Lipinski definition) is 6. The molecule has 0 unspecified atom stereocenters. The zero-order chi connectivity index (χ0) is 18.1. The molecule has 0 aliphatic rings. The molecule has 0 atom stereocenters.